The summed E-state index contributed by atoms with van der Waals surface area (Å²) >= 11 is 0. The number of carbonyl (C=O) groups excluding carboxylic acids is 1. The van der Waals surface area contributed by atoms with Crippen LogP contribution >= 0.6 is 0 Å². The molecule has 2 N–H and O–H groups in total. The van der Waals surface area contributed by atoms with Crippen molar-refractivity contribution in [3.8, 4) is 0 Å². The maximum absolute atomic E-state index is 12.2. The highest BCUT2D eigenvalue weighted by atomic mass is 16.3. The fourth-order valence-electron chi connectivity index (χ4n) is 2.22. The van der Waals surface area contributed by atoms with Crippen LogP contribution in [0.15, 0.2) is 39.5 Å². The number of pyridine rings is 1. The number of hydrogen-bond acceptors (Lipinski definition) is 4. The van der Waals surface area contributed by atoms with Gasteiger partial charge in [-0.25, -0.2) is 4.98 Å². The molecule has 0 aliphatic rings. The van der Waals surface area contributed by atoms with Crippen LogP contribution in [0.3, 0.4) is 0 Å². The smallest absolute Gasteiger partial charge is 0.261 e. The molecular weight excluding hydrogens is 294 g/mol. The highest BCUT2D eigenvalue weighted by Gasteiger charge is 2.13. The van der Waals surface area contributed by atoms with Gasteiger partial charge in [0.05, 0.1) is 0 Å². The quantitative estimate of drug-likeness (QED) is 0.777. The Hall–Kier alpha value is -2.89. The van der Waals surface area contributed by atoms with Crippen LogP contribution in [-0.2, 0) is 0 Å². The number of carbonyl (C=O) groups is 1. The third-order valence-corrected chi connectivity index (χ3v) is 3.46. The number of H-pyrrole nitrogens is 1. The molecule has 6 heteroatoms. The predicted octanol–water partition coefficient (Wildman–Crippen LogP) is 3.20. The first-order valence-electron chi connectivity index (χ1n) is 7.36. The minimum Gasteiger partial charge on any atom is -0.440 e. The molecule has 0 unspecified atom stereocenters. The van der Waals surface area contributed by atoms with Gasteiger partial charge in [-0.2, -0.15) is 0 Å². The lowest BCUT2D eigenvalue weighted by atomic mass is 10.2. The Balaban J connectivity index is 1.88. The van der Waals surface area contributed by atoms with Crippen LogP contribution in [0, 0.1) is 6.92 Å². The molecule has 1 aromatic carbocycles. The van der Waals surface area contributed by atoms with E-state index in [1.807, 2.05) is 13.8 Å². The Morgan fingerprint density at radius 1 is 1.26 bits per heavy atom. The van der Waals surface area contributed by atoms with E-state index in [0.29, 0.717) is 28.4 Å². The number of amides is 1. The second-order valence-corrected chi connectivity index (χ2v) is 5.73. The van der Waals surface area contributed by atoms with Crippen molar-refractivity contribution in [3.63, 3.8) is 0 Å². The van der Waals surface area contributed by atoms with Crippen molar-refractivity contribution in [2.24, 2.45) is 0 Å². The molecule has 1 amide bonds. The number of anilines is 1. The van der Waals surface area contributed by atoms with Crippen molar-refractivity contribution < 1.29 is 9.21 Å². The summed E-state index contributed by atoms with van der Waals surface area (Å²) in [5, 5.41) is 2.71. The Kier molecular flexibility index (Phi) is 3.73. The SMILES string of the molecule is Cc1ccc(C(=O)Nc2ccc3oc(C(C)C)nc3c2)c(=O)[nH]1. The Morgan fingerprint density at radius 3 is 2.74 bits per heavy atom. The zero-order valence-corrected chi connectivity index (χ0v) is 13.1. The molecule has 0 aliphatic heterocycles. The van der Waals surface area contributed by atoms with Gasteiger partial charge in [-0.3, -0.25) is 9.59 Å². The van der Waals surface area contributed by atoms with E-state index in [1.54, 1.807) is 31.2 Å². The van der Waals surface area contributed by atoms with Gasteiger partial charge >= 0.3 is 0 Å². The molecule has 0 saturated carbocycles. The summed E-state index contributed by atoms with van der Waals surface area (Å²) in [6.07, 6.45) is 0. The molecule has 2 aromatic heterocycles. The van der Waals surface area contributed by atoms with E-state index >= 15 is 0 Å². The fraction of sp³-hybridized carbons (Fsp3) is 0.235. The zero-order chi connectivity index (χ0) is 16.6. The topological polar surface area (TPSA) is 88.0 Å². The number of aryl methyl sites for hydroxylation is 1. The van der Waals surface area contributed by atoms with Crippen molar-refractivity contribution in [2.75, 3.05) is 5.32 Å². The van der Waals surface area contributed by atoms with Crippen LogP contribution in [0.1, 0.15) is 41.7 Å². The van der Waals surface area contributed by atoms with E-state index in [1.165, 1.54) is 6.07 Å². The van der Waals surface area contributed by atoms with Crippen LogP contribution in [0.25, 0.3) is 11.1 Å². The number of rotatable bonds is 3. The molecular formula is C17H17N3O3. The molecule has 3 aromatic rings. The number of nitrogens with zero attached hydrogens (tertiary/aromatic N) is 1. The maximum atomic E-state index is 12.2. The van der Waals surface area contributed by atoms with Crippen LogP contribution in [0.4, 0.5) is 5.69 Å². The minimum absolute atomic E-state index is 0.0683. The summed E-state index contributed by atoms with van der Waals surface area (Å²) in [6, 6.07) is 8.40. The Labute approximate surface area is 132 Å². The van der Waals surface area contributed by atoms with Gasteiger partial charge in [0, 0.05) is 17.3 Å². The van der Waals surface area contributed by atoms with E-state index in [0.717, 1.165) is 0 Å². The summed E-state index contributed by atoms with van der Waals surface area (Å²) in [4.78, 5) is 31.0. The molecule has 0 atom stereocenters. The van der Waals surface area contributed by atoms with Crippen LogP contribution < -0.4 is 10.9 Å². The molecule has 0 radical (unpaired) electrons. The van der Waals surface area contributed by atoms with E-state index in [-0.39, 0.29) is 11.5 Å². The lowest BCUT2D eigenvalue weighted by molar-refractivity contribution is 0.102. The normalized spacial score (nSPS) is 11.1. The molecule has 0 fully saturated rings. The van der Waals surface area contributed by atoms with Gasteiger partial charge in [0.2, 0.25) is 0 Å². The van der Waals surface area contributed by atoms with E-state index in [4.69, 9.17) is 4.42 Å². The second-order valence-electron chi connectivity index (χ2n) is 5.73. The second kappa shape index (κ2) is 5.72. The number of fused-ring (bicyclic) bond motifs is 1. The monoisotopic (exact) mass is 311 g/mol. The van der Waals surface area contributed by atoms with Crippen LogP contribution in [-0.4, -0.2) is 15.9 Å². The molecule has 0 spiro atoms. The van der Waals surface area contributed by atoms with Crippen molar-refractivity contribution >= 4 is 22.7 Å². The number of oxazole rings is 1. The third-order valence-electron chi connectivity index (χ3n) is 3.46. The zero-order valence-electron chi connectivity index (χ0n) is 13.1. The van der Waals surface area contributed by atoms with Crippen molar-refractivity contribution in [1.29, 1.82) is 0 Å². The summed E-state index contributed by atoms with van der Waals surface area (Å²) in [5.74, 6) is 0.378. The molecule has 0 saturated heterocycles. The first-order chi connectivity index (χ1) is 10.9. The van der Waals surface area contributed by atoms with E-state index < -0.39 is 11.5 Å². The van der Waals surface area contributed by atoms with Gasteiger partial charge in [0.25, 0.3) is 11.5 Å². The van der Waals surface area contributed by atoms with E-state index in [2.05, 4.69) is 15.3 Å². The standard InChI is InChI=1S/C17H17N3O3/c1-9(2)17-20-13-8-11(5-7-14(13)23-17)19-16(22)12-6-4-10(3)18-15(12)21/h4-9H,1-3H3,(H,18,21)(H,19,22). The molecule has 0 bridgehead atoms. The Bertz CT molecular complexity index is 938. The highest BCUT2D eigenvalue weighted by molar-refractivity contribution is 6.04. The average molecular weight is 311 g/mol. The number of hydrogen-bond donors (Lipinski definition) is 2. The summed E-state index contributed by atoms with van der Waals surface area (Å²) in [6.45, 7) is 5.75. The number of nitrogens with one attached hydrogen (secondary N) is 2. The average Bonchev–Trinajstić information content (AvgIpc) is 2.90. The summed E-state index contributed by atoms with van der Waals surface area (Å²) in [7, 11) is 0. The third kappa shape index (κ3) is 3.01. The molecule has 6 nitrogen and oxygen atoms in total. The largest absolute Gasteiger partial charge is 0.440 e. The minimum atomic E-state index is -0.460. The van der Waals surface area contributed by atoms with Crippen molar-refractivity contribution in [2.45, 2.75) is 26.7 Å². The molecule has 2 heterocycles. The number of aromatic nitrogens is 2. The molecule has 3 rings (SSSR count). The lowest BCUT2D eigenvalue weighted by Crippen LogP contribution is -2.23. The fourth-order valence-corrected chi connectivity index (χ4v) is 2.22. The van der Waals surface area contributed by atoms with Gasteiger partial charge in [0.1, 0.15) is 11.1 Å². The first-order valence-corrected chi connectivity index (χ1v) is 7.36. The van der Waals surface area contributed by atoms with Gasteiger partial charge in [-0.15, -0.1) is 0 Å². The Morgan fingerprint density at radius 2 is 2.04 bits per heavy atom. The van der Waals surface area contributed by atoms with Gasteiger partial charge in [0.15, 0.2) is 11.5 Å². The highest BCUT2D eigenvalue weighted by Crippen LogP contribution is 2.23. The van der Waals surface area contributed by atoms with Gasteiger partial charge in [-0.05, 0) is 37.3 Å². The first kappa shape index (κ1) is 15.0. The lowest BCUT2D eigenvalue weighted by Gasteiger charge is -2.04. The predicted molar refractivity (Wildman–Crippen MR) is 87.9 cm³/mol. The molecule has 23 heavy (non-hydrogen) atoms. The summed E-state index contributed by atoms with van der Waals surface area (Å²) < 4.78 is 5.63. The van der Waals surface area contributed by atoms with Crippen LogP contribution in [0.2, 0.25) is 0 Å². The number of aromatic amines is 1. The maximum Gasteiger partial charge on any atom is 0.261 e. The van der Waals surface area contributed by atoms with Crippen molar-refractivity contribution in [3.05, 3.63) is 57.8 Å². The molecule has 118 valence electrons. The van der Waals surface area contributed by atoms with Crippen molar-refractivity contribution in [1.82, 2.24) is 9.97 Å². The number of benzene rings is 1. The van der Waals surface area contributed by atoms with E-state index in [9.17, 15) is 9.59 Å². The van der Waals surface area contributed by atoms with Gasteiger partial charge < -0.3 is 14.7 Å². The van der Waals surface area contributed by atoms with Gasteiger partial charge in [-0.1, -0.05) is 13.8 Å². The summed E-state index contributed by atoms with van der Waals surface area (Å²) in [5.41, 5.74) is 2.26. The van der Waals surface area contributed by atoms with Crippen LogP contribution in [0.5, 0.6) is 0 Å². The molecule has 0 aliphatic carbocycles.